The molecule has 0 aliphatic carbocycles. The molecule has 0 bridgehead atoms. The van der Waals surface area contributed by atoms with Crippen LogP contribution in [0.5, 0.6) is 0 Å². The fraction of sp³-hybridized carbons (Fsp3) is 0.467. The summed E-state index contributed by atoms with van der Waals surface area (Å²) in [5.74, 6) is -0.171. The van der Waals surface area contributed by atoms with Gasteiger partial charge in [0.05, 0.1) is 0 Å². The van der Waals surface area contributed by atoms with Crippen molar-refractivity contribution in [1.82, 2.24) is 19.4 Å². The van der Waals surface area contributed by atoms with Gasteiger partial charge in [-0.05, 0) is 39.0 Å². The van der Waals surface area contributed by atoms with Crippen molar-refractivity contribution in [2.75, 3.05) is 19.6 Å². The molecule has 1 aliphatic rings. The molecule has 2 aromatic rings. The molecule has 2 aromatic heterocycles. The van der Waals surface area contributed by atoms with E-state index in [4.69, 9.17) is 0 Å². The number of sulfonamides is 1. The first kappa shape index (κ1) is 17.1. The molecule has 1 atom stereocenters. The monoisotopic (exact) mass is 368 g/mol. The van der Waals surface area contributed by atoms with E-state index >= 15 is 0 Å². The number of carbonyl (C=O) groups excluding carboxylic acids is 1. The topological polar surface area (TPSA) is 86.4 Å². The Kier molecular flexibility index (Phi) is 4.50. The molecule has 24 heavy (non-hydrogen) atoms. The molecule has 1 fully saturated rings. The number of rotatable bonds is 3. The molecule has 0 unspecified atom stereocenters. The minimum atomic E-state index is -3.51. The lowest BCUT2D eigenvalue weighted by molar-refractivity contribution is 0.0636. The van der Waals surface area contributed by atoms with Crippen molar-refractivity contribution in [3.05, 3.63) is 34.5 Å². The van der Waals surface area contributed by atoms with Crippen LogP contribution in [0.4, 0.5) is 0 Å². The number of aryl methyl sites for hydroxylation is 2. The fourth-order valence-corrected chi connectivity index (χ4v) is 5.86. The number of H-pyrrole nitrogens is 1. The van der Waals surface area contributed by atoms with E-state index in [2.05, 4.69) is 10.2 Å². The molecule has 130 valence electrons. The maximum absolute atomic E-state index is 12.8. The number of aromatic nitrogens is 2. The van der Waals surface area contributed by atoms with E-state index in [0.29, 0.717) is 23.0 Å². The number of aromatic amines is 1. The summed E-state index contributed by atoms with van der Waals surface area (Å²) in [6.45, 7) is 6.55. The van der Waals surface area contributed by atoms with Crippen molar-refractivity contribution in [2.45, 2.75) is 31.0 Å². The van der Waals surface area contributed by atoms with Gasteiger partial charge in [-0.2, -0.15) is 9.40 Å². The van der Waals surface area contributed by atoms with Gasteiger partial charge in [-0.3, -0.25) is 9.89 Å². The summed E-state index contributed by atoms with van der Waals surface area (Å²) in [7, 11) is -3.51. The lowest BCUT2D eigenvalue weighted by atomic mass is 10.2. The van der Waals surface area contributed by atoms with Gasteiger partial charge in [-0.1, -0.05) is 0 Å². The fourth-order valence-electron chi connectivity index (χ4n) is 2.84. The van der Waals surface area contributed by atoms with Crippen LogP contribution in [0, 0.1) is 13.8 Å². The van der Waals surface area contributed by atoms with Gasteiger partial charge in [0.25, 0.3) is 15.9 Å². The van der Waals surface area contributed by atoms with Crippen LogP contribution in [0.1, 0.15) is 28.0 Å². The average Bonchev–Trinajstić information content (AvgIpc) is 3.15. The average molecular weight is 368 g/mol. The Morgan fingerprint density at radius 2 is 2.08 bits per heavy atom. The van der Waals surface area contributed by atoms with Crippen molar-refractivity contribution < 1.29 is 13.2 Å². The standard InChI is InChI=1S/C15H20N4O3S2/c1-10-8-13(17-16-10)15(20)18-6-7-19(11(2)9-18)24(21,22)14-5-4-12(3)23-14/h4-5,8,11H,6-7,9H2,1-3H3,(H,16,17)/t11-/m1/s1. The normalized spacial score (nSPS) is 19.6. The zero-order chi connectivity index (χ0) is 17.5. The molecule has 0 saturated carbocycles. The van der Waals surface area contributed by atoms with E-state index in [1.54, 1.807) is 17.0 Å². The van der Waals surface area contributed by atoms with Crippen LogP contribution in [0.2, 0.25) is 0 Å². The van der Waals surface area contributed by atoms with Gasteiger partial charge in [-0.15, -0.1) is 11.3 Å². The van der Waals surface area contributed by atoms with Crippen molar-refractivity contribution >= 4 is 27.3 Å². The van der Waals surface area contributed by atoms with Gasteiger partial charge < -0.3 is 4.90 Å². The smallest absolute Gasteiger partial charge is 0.274 e. The Labute approximate surface area is 145 Å². The van der Waals surface area contributed by atoms with Crippen LogP contribution in [-0.4, -0.2) is 59.4 Å². The molecule has 3 heterocycles. The lowest BCUT2D eigenvalue weighted by Gasteiger charge is -2.38. The molecule has 1 amide bonds. The van der Waals surface area contributed by atoms with E-state index in [1.165, 1.54) is 15.6 Å². The van der Waals surface area contributed by atoms with Gasteiger partial charge in [0, 0.05) is 36.2 Å². The highest BCUT2D eigenvalue weighted by Crippen LogP contribution is 2.27. The maximum Gasteiger partial charge on any atom is 0.274 e. The lowest BCUT2D eigenvalue weighted by Crippen LogP contribution is -2.55. The summed E-state index contributed by atoms with van der Waals surface area (Å²) in [5.41, 5.74) is 1.19. The third-order valence-corrected chi connectivity index (χ3v) is 7.54. The third kappa shape index (κ3) is 3.11. The highest BCUT2D eigenvalue weighted by atomic mass is 32.2. The zero-order valence-corrected chi connectivity index (χ0v) is 15.4. The Bertz CT molecular complexity index is 856. The molecular weight excluding hydrogens is 348 g/mol. The Morgan fingerprint density at radius 1 is 1.33 bits per heavy atom. The molecule has 7 nitrogen and oxygen atoms in total. The number of hydrogen-bond donors (Lipinski definition) is 1. The Hall–Kier alpha value is -1.71. The van der Waals surface area contributed by atoms with Crippen LogP contribution in [0.15, 0.2) is 22.4 Å². The summed E-state index contributed by atoms with van der Waals surface area (Å²) in [6, 6.07) is 4.87. The first-order valence-corrected chi connectivity index (χ1v) is 9.94. The molecule has 3 rings (SSSR count). The number of carbonyl (C=O) groups is 1. The second kappa shape index (κ2) is 6.30. The van der Waals surface area contributed by atoms with Gasteiger partial charge in [0.1, 0.15) is 9.90 Å². The number of piperazine rings is 1. The highest BCUT2D eigenvalue weighted by molar-refractivity contribution is 7.91. The van der Waals surface area contributed by atoms with E-state index in [9.17, 15) is 13.2 Å². The van der Waals surface area contributed by atoms with E-state index in [1.807, 2.05) is 26.8 Å². The largest absolute Gasteiger partial charge is 0.334 e. The second-order valence-electron chi connectivity index (χ2n) is 6.02. The van der Waals surface area contributed by atoms with E-state index in [0.717, 1.165) is 10.6 Å². The summed E-state index contributed by atoms with van der Waals surface area (Å²) in [5, 5.41) is 6.74. The summed E-state index contributed by atoms with van der Waals surface area (Å²) >= 11 is 1.27. The molecule has 0 aromatic carbocycles. The number of hydrogen-bond acceptors (Lipinski definition) is 5. The van der Waals surface area contributed by atoms with Crippen molar-refractivity contribution in [3.63, 3.8) is 0 Å². The third-order valence-electron chi connectivity index (χ3n) is 4.06. The number of amides is 1. The van der Waals surface area contributed by atoms with Gasteiger partial charge in [0.15, 0.2) is 0 Å². The number of nitrogens with one attached hydrogen (secondary N) is 1. The zero-order valence-electron chi connectivity index (χ0n) is 13.8. The van der Waals surface area contributed by atoms with E-state index in [-0.39, 0.29) is 18.5 Å². The molecule has 0 radical (unpaired) electrons. The first-order valence-electron chi connectivity index (χ1n) is 7.68. The Balaban J connectivity index is 1.75. The maximum atomic E-state index is 12.8. The summed E-state index contributed by atoms with van der Waals surface area (Å²) < 4.78 is 27.4. The van der Waals surface area contributed by atoms with Crippen LogP contribution in [0.25, 0.3) is 0 Å². The van der Waals surface area contributed by atoms with Crippen LogP contribution in [-0.2, 0) is 10.0 Å². The number of nitrogens with zero attached hydrogens (tertiary/aromatic N) is 3. The summed E-state index contributed by atoms with van der Waals surface area (Å²) in [6.07, 6.45) is 0. The molecule has 0 spiro atoms. The Morgan fingerprint density at radius 3 is 2.62 bits per heavy atom. The van der Waals surface area contributed by atoms with Gasteiger partial charge in [0.2, 0.25) is 0 Å². The van der Waals surface area contributed by atoms with Crippen molar-refractivity contribution in [3.8, 4) is 0 Å². The molecule has 1 N–H and O–H groups in total. The number of thiophene rings is 1. The highest BCUT2D eigenvalue weighted by Gasteiger charge is 2.36. The van der Waals surface area contributed by atoms with Crippen LogP contribution in [0.3, 0.4) is 0 Å². The summed E-state index contributed by atoms with van der Waals surface area (Å²) in [4.78, 5) is 15.1. The predicted octanol–water partition coefficient (Wildman–Crippen LogP) is 1.62. The molecule has 9 heteroatoms. The minimum absolute atomic E-state index is 0.171. The molecule has 1 aliphatic heterocycles. The molecule has 1 saturated heterocycles. The van der Waals surface area contributed by atoms with Crippen molar-refractivity contribution in [1.29, 1.82) is 0 Å². The molecular formula is C15H20N4O3S2. The SMILES string of the molecule is Cc1cc(C(=O)N2CCN(S(=O)(=O)c3ccc(C)s3)[C@H](C)C2)n[nH]1. The quantitative estimate of drug-likeness (QED) is 0.892. The van der Waals surface area contributed by atoms with Crippen LogP contribution >= 0.6 is 11.3 Å². The predicted molar refractivity (Wildman–Crippen MR) is 91.6 cm³/mol. The van der Waals surface area contributed by atoms with Crippen LogP contribution < -0.4 is 0 Å². The van der Waals surface area contributed by atoms with Gasteiger partial charge in [-0.25, -0.2) is 8.42 Å². The second-order valence-corrected chi connectivity index (χ2v) is 9.42. The minimum Gasteiger partial charge on any atom is -0.334 e. The van der Waals surface area contributed by atoms with E-state index < -0.39 is 10.0 Å². The first-order chi connectivity index (χ1) is 11.3. The van der Waals surface area contributed by atoms with Crippen molar-refractivity contribution in [2.24, 2.45) is 0 Å². The van der Waals surface area contributed by atoms with Gasteiger partial charge >= 0.3 is 0 Å².